The fourth-order valence-corrected chi connectivity index (χ4v) is 3.44. The van der Waals surface area contributed by atoms with Crippen molar-refractivity contribution in [3.8, 4) is 5.75 Å². The van der Waals surface area contributed by atoms with Crippen LogP contribution in [-0.4, -0.2) is 19.2 Å². The molecule has 2 amide bonds. The third-order valence-corrected chi connectivity index (χ3v) is 4.99. The first-order chi connectivity index (χ1) is 11.7. The number of carbonyl (C=O) groups excluding carboxylic acids is 1. The first kappa shape index (κ1) is 16.6. The van der Waals surface area contributed by atoms with E-state index in [-0.39, 0.29) is 6.03 Å². The van der Waals surface area contributed by atoms with E-state index in [0.717, 1.165) is 28.5 Å². The Morgan fingerprint density at radius 1 is 1.12 bits per heavy atom. The van der Waals surface area contributed by atoms with Crippen LogP contribution in [-0.2, 0) is 6.54 Å². The molecule has 0 spiro atoms. The van der Waals surface area contributed by atoms with Crippen molar-refractivity contribution >= 4 is 16.8 Å². The fourth-order valence-electron chi connectivity index (χ4n) is 3.44. The van der Waals surface area contributed by atoms with Gasteiger partial charge in [-0.25, -0.2) is 4.79 Å². The highest BCUT2D eigenvalue weighted by Gasteiger charge is 2.22. The summed E-state index contributed by atoms with van der Waals surface area (Å²) in [5.74, 6) is 1.43. The largest absolute Gasteiger partial charge is 0.497 e. The van der Waals surface area contributed by atoms with Gasteiger partial charge in [0.2, 0.25) is 0 Å². The molecule has 1 saturated carbocycles. The Bertz CT molecular complexity index is 714. The number of fused-ring (bicyclic) bond motifs is 1. The summed E-state index contributed by atoms with van der Waals surface area (Å²) in [6.07, 6.45) is 4.79. The summed E-state index contributed by atoms with van der Waals surface area (Å²) in [7, 11) is 1.67. The monoisotopic (exact) mass is 326 g/mol. The van der Waals surface area contributed by atoms with Crippen molar-refractivity contribution in [2.75, 3.05) is 7.11 Å². The minimum Gasteiger partial charge on any atom is -0.497 e. The molecule has 1 fully saturated rings. The average molecular weight is 326 g/mol. The number of methoxy groups -OCH3 is 1. The van der Waals surface area contributed by atoms with Crippen LogP contribution in [0.1, 0.15) is 38.2 Å². The zero-order valence-corrected chi connectivity index (χ0v) is 14.5. The van der Waals surface area contributed by atoms with Gasteiger partial charge in [-0.15, -0.1) is 0 Å². The van der Waals surface area contributed by atoms with E-state index in [2.05, 4.69) is 29.7 Å². The number of amides is 2. The quantitative estimate of drug-likeness (QED) is 0.883. The third-order valence-electron chi connectivity index (χ3n) is 4.99. The number of hydrogen-bond donors (Lipinski definition) is 2. The van der Waals surface area contributed by atoms with Gasteiger partial charge in [-0.2, -0.15) is 0 Å². The Kier molecular flexibility index (Phi) is 5.24. The maximum Gasteiger partial charge on any atom is 0.315 e. The molecule has 3 rings (SSSR count). The minimum atomic E-state index is -0.0661. The van der Waals surface area contributed by atoms with E-state index in [1.807, 2.05) is 24.3 Å². The molecule has 0 aliphatic heterocycles. The van der Waals surface area contributed by atoms with Gasteiger partial charge in [0.15, 0.2) is 0 Å². The molecular formula is C20H26N2O2. The van der Waals surface area contributed by atoms with Gasteiger partial charge >= 0.3 is 6.03 Å². The molecule has 0 aromatic heterocycles. The Hall–Kier alpha value is -2.23. The van der Waals surface area contributed by atoms with Crippen LogP contribution >= 0.6 is 0 Å². The molecule has 0 radical (unpaired) electrons. The maximum absolute atomic E-state index is 12.1. The van der Waals surface area contributed by atoms with E-state index in [4.69, 9.17) is 4.74 Å². The van der Waals surface area contributed by atoms with Crippen molar-refractivity contribution in [3.05, 3.63) is 42.0 Å². The molecule has 24 heavy (non-hydrogen) atoms. The average Bonchev–Trinajstić information content (AvgIpc) is 2.61. The molecule has 4 heteroatoms. The van der Waals surface area contributed by atoms with Crippen LogP contribution < -0.4 is 15.4 Å². The summed E-state index contributed by atoms with van der Waals surface area (Å²) in [6, 6.07) is 12.5. The van der Waals surface area contributed by atoms with E-state index >= 15 is 0 Å². The number of benzene rings is 2. The minimum absolute atomic E-state index is 0.0661. The second-order valence-corrected chi connectivity index (χ2v) is 6.74. The highest BCUT2D eigenvalue weighted by molar-refractivity contribution is 5.84. The highest BCUT2D eigenvalue weighted by Crippen LogP contribution is 2.24. The number of hydrogen-bond acceptors (Lipinski definition) is 2. The normalized spacial score (nSPS) is 20.6. The molecule has 2 atom stereocenters. The Balaban J connectivity index is 1.57. The van der Waals surface area contributed by atoms with Gasteiger partial charge in [0, 0.05) is 12.6 Å². The lowest BCUT2D eigenvalue weighted by atomic mass is 9.86. The van der Waals surface area contributed by atoms with Crippen molar-refractivity contribution in [1.29, 1.82) is 0 Å². The standard InChI is InChI=1S/C20H26N2O2/c1-14-5-3-4-6-19(14)22-20(23)21-13-15-7-8-17-12-18(24-2)10-9-16(17)11-15/h7-12,14,19H,3-6,13H2,1-2H3,(H2,21,22,23). The number of urea groups is 1. The lowest BCUT2D eigenvalue weighted by Gasteiger charge is -2.29. The zero-order valence-electron chi connectivity index (χ0n) is 14.5. The molecule has 128 valence electrons. The summed E-state index contributed by atoms with van der Waals surface area (Å²) >= 11 is 0. The lowest BCUT2D eigenvalue weighted by Crippen LogP contribution is -2.45. The van der Waals surface area contributed by atoms with Gasteiger partial charge in [-0.05, 0) is 53.3 Å². The Morgan fingerprint density at radius 2 is 1.88 bits per heavy atom. The number of nitrogens with one attached hydrogen (secondary N) is 2. The SMILES string of the molecule is COc1ccc2cc(CNC(=O)NC3CCCCC3C)ccc2c1. The molecule has 1 aliphatic rings. The molecule has 2 aromatic carbocycles. The second kappa shape index (κ2) is 7.56. The van der Waals surface area contributed by atoms with E-state index in [1.54, 1.807) is 7.11 Å². The highest BCUT2D eigenvalue weighted by atomic mass is 16.5. The van der Waals surface area contributed by atoms with Gasteiger partial charge in [0.05, 0.1) is 7.11 Å². The first-order valence-electron chi connectivity index (χ1n) is 8.77. The van der Waals surface area contributed by atoms with Gasteiger partial charge in [-0.3, -0.25) is 0 Å². The van der Waals surface area contributed by atoms with Crippen LogP contribution in [0, 0.1) is 5.92 Å². The predicted octanol–water partition coefficient (Wildman–Crippen LogP) is 4.23. The van der Waals surface area contributed by atoms with Crippen LogP contribution in [0.15, 0.2) is 36.4 Å². The molecule has 0 saturated heterocycles. The van der Waals surface area contributed by atoms with Crippen LogP contribution in [0.5, 0.6) is 5.75 Å². The molecule has 1 aliphatic carbocycles. The summed E-state index contributed by atoms with van der Waals surface area (Å²) in [4.78, 5) is 12.1. The molecule has 2 N–H and O–H groups in total. The van der Waals surface area contributed by atoms with Gasteiger partial charge in [0.25, 0.3) is 0 Å². The molecule has 4 nitrogen and oxygen atoms in total. The van der Waals surface area contributed by atoms with Crippen LogP contribution in [0.4, 0.5) is 4.79 Å². The first-order valence-corrected chi connectivity index (χ1v) is 8.77. The summed E-state index contributed by atoms with van der Waals surface area (Å²) in [5.41, 5.74) is 1.10. The van der Waals surface area contributed by atoms with E-state index in [9.17, 15) is 4.79 Å². The van der Waals surface area contributed by atoms with E-state index in [1.165, 1.54) is 19.3 Å². The van der Waals surface area contributed by atoms with Crippen molar-refractivity contribution < 1.29 is 9.53 Å². The van der Waals surface area contributed by atoms with Crippen molar-refractivity contribution in [3.63, 3.8) is 0 Å². The van der Waals surface area contributed by atoms with Crippen molar-refractivity contribution in [2.24, 2.45) is 5.92 Å². The van der Waals surface area contributed by atoms with E-state index < -0.39 is 0 Å². The molecule has 0 bridgehead atoms. The maximum atomic E-state index is 12.1. The van der Waals surface area contributed by atoms with Gasteiger partial charge in [0.1, 0.15) is 5.75 Å². The lowest BCUT2D eigenvalue weighted by molar-refractivity contribution is 0.221. The summed E-state index contributed by atoms with van der Waals surface area (Å²) < 4.78 is 5.25. The molecular weight excluding hydrogens is 300 g/mol. The topological polar surface area (TPSA) is 50.4 Å². The molecule has 0 heterocycles. The van der Waals surface area contributed by atoms with Crippen LogP contribution in [0.3, 0.4) is 0 Å². The van der Waals surface area contributed by atoms with Crippen LogP contribution in [0.2, 0.25) is 0 Å². The van der Waals surface area contributed by atoms with Crippen LogP contribution in [0.25, 0.3) is 10.8 Å². The number of carbonyl (C=O) groups is 1. The Labute approximate surface area is 143 Å². The number of ether oxygens (including phenoxy) is 1. The van der Waals surface area contributed by atoms with Crippen molar-refractivity contribution in [2.45, 2.75) is 45.2 Å². The Morgan fingerprint density at radius 3 is 2.67 bits per heavy atom. The zero-order chi connectivity index (χ0) is 16.9. The summed E-state index contributed by atoms with van der Waals surface area (Å²) in [5, 5.41) is 8.39. The third kappa shape index (κ3) is 3.99. The van der Waals surface area contributed by atoms with Crippen molar-refractivity contribution in [1.82, 2.24) is 10.6 Å². The second-order valence-electron chi connectivity index (χ2n) is 6.74. The molecule has 2 unspecified atom stereocenters. The molecule has 2 aromatic rings. The van der Waals surface area contributed by atoms with Gasteiger partial charge in [-0.1, -0.05) is 38.0 Å². The fraction of sp³-hybridized carbons (Fsp3) is 0.450. The number of rotatable bonds is 4. The summed E-state index contributed by atoms with van der Waals surface area (Å²) in [6.45, 7) is 2.76. The van der Waals surface area contributed by atoms with E-state index in [0.29, 0.717) is 18.5 Å². The van der Waals surface area contributed by atoms with Gasteiger partial charge < -0.3 is 15.4 Å². The predicted molar refractivity (Wildman–Crippen MR) is 97.3 cm³/mol. The smallest absolute Gasteiger partial charge is 0.315 e.